The van der Waals surface area contributed by atoms with E-state index in [9.17, 15) is 14.4 Å². The summed E-state index contributed by atoms with van der Waals surface area (Å²) in [4.78, 5) is 36.4. The Morgan fingerprint density at radius 3 is 2.17 bits per heavy atom. The van der Waals surface area contributed by atoms with Gasteiger partial charge in [-0.3, -0.25) is 0 Å². The van der Waals surface area contributed by atoms with E-state index in [1.807, 2.05) is 30.3 Å². The quantitative estimate of drug-likeness (QED) is 0.198. The zero-order valence-corrected chi connectivity index (χ0v) is 18.9. The van der Waals surface area contributed by atoms with Crippen molar-refractivity contribution in [1.82, 2.24) is 0 Å². The van der Waals surface area contributed by atoms with E-state index in [1.54, 1.807) is 44.2 Å². The van der Waals surface area contributed by atoms with Gasteiger partial charge in [-0.15, -0.1) is 0 Å². The summed E-state index contributed by atoms with van der Waals surface area (Å²) >= 11 is 0. The molecule has 0 unspecified atom stereocenters. The van der Waals surface area contributed by atoms with Gasteiger partial charge in [-0.25, -0.2) is 14.4 Å². The zero-order chi connectivity index (χ0) is 24.5. The van der Waals surface area contributed by atoms with Gasteiger partial charge in [-0.1, -0.05) is 30.3 Å². The molecule has 174 valence electrons. The van der Waals surface area contributed by atoms with Crippen LogP contribution in [0.2, 0.25) is 0 Å². The van der Waals surface area contributed by atoms with Crippen LogP contribution in [-0.2, 0) is 4.79 Å². The number of esters is 1. The Labute approximate surface area is 199 Å². The van der Waals surface area contributed by atoms with Gasteiger partial charge in [0.1, 0.15) is 22.7 Å². The molecule has 0 saturated heterocycles. The van der Waals surface area contributed by atoms with Crippen molar-refractivity contribution in [1.29, 1.82) is 0 Å². The SMILES string of the molecule is Cc1cc(=O)oc2cc(OC(=O)[C@H](C)Oc3ccc4c(-c5ccccc5)cc(=O)oc4c3)ccc12. The number of benzene rings is 3. The van der Waals surface area contributed by atoms with Crippen LogP contribution >= 0.6 is 0 Å². The molecule has 0 spiro atoms. The topological polar surface area (TPSA) is 96.0 Å². The highest BCUT2D eigenvalue weighted by Crippen LogP contribution is 2.30. The van der Waals surface area contributed by atoms with Crippen molar-refractivity contribution in [2.75, 3.05) is 0 Å². The van der Waals surface area contributed by atoms with E-state index in [0.29, 0.717) is 16.9 Å². The molecule has 5 rings (SSSR count). The van der Waals surface area contributed by atoms with Crippen LogP contribution in [0.25, 0.3) is 33.1 Å². The van der Waals surface area contributed by atoms with Gasteiger partial charge in [0.25, 0.3) is 0 Å². The van der Waals surface area contributed by atoms with Crippen molar-refractivity contribution in [3.8, 4) is 22.6 Å². The van der Waals surface area contributed by atoms with Crippen LogP contribution in [0.5, 0.6) is 11.5 Å². The molecule has 0 aliphatic carbocycles. The predicted octanol–water partition coefficient (Wildman–Crippen LogP) is 5.25. The molecule has 0 saturated carbocycles. The molecule has 2 heterocycles. The number of hydrogen-bond acceptors (Lipinski definition) is 7. The lowest BCUT2D eigenvalue weighted by Crippen LogP contribution is -2.28. The lowest BCUT2D eigenvalue weighted by atomic mass is 10.0. The van der Waals surface area contributed by atoms with E-state index in [2.05, 4.69) is 0 Å². The third kappa shape index (κ3) is 4.56. The molecule has 0 amide bonds. The molecule has 0 aliphatic heterocycles. The van der Waals surface area contributed by atoms with Gasteiger partial charge in [0.2, 0.25) is 0 Å². The molecule has 2 aromatic heterocycles. The minimum atomic E-state index is -0.961. The molecule has 5 aromatic rings. The molecule has 7 nitrogen and oxygen atoms in total. The number of carbonyl (C=O) groups is 1. The number of rotatable bonds is 5. The average molecular weight is 468 g/mol. The largest absolute Gasteiger partial charge is 0.479 e. The summed E-state index contributed by atoms with van der Waals surface area (Å²) in [5.74, 6) is -0.0712. The van der Waals surface area contributed by atoms with Crippen molar-refractivity contribution in [2.24, 2.45) is 0 Å². The van der Waals surface area contributed by atoms with E-state index < -0.39 is 23.3 Å². The first kappa shape index (κ1) is 22.2. The highest BCUT2D eigenvalue weighted by atomic mass is 16.6. The third-order valence-electron chi connectivity index (χ3n) is 5.59. The van der Waals surface area contributed by atoms with E-state index in [0.717, 1.165) is 27.5 Å². The van der Waals surface area contributed by atoms with Crippen molar-refractivity contribution in [2.45, 2.75) is 20.0 Å². The maximum atomic E-state index is 12.6. The molecule has 0 aliphatic rings. The summed E-state index contributed by atoms with van der Waals surface area (Å²) in [6.45, 7) is 3.35. The summed E-state index contributed by atoms with van der Waals surface area (Å²) in [6, 6.07) is 22.2. The second kappa shape index (κ2) is 8.95. The van der Waals surface area contributed by atoms with E-state index in [1.165, 1.54) is 18.2 Å². The van der Waals surface area contributed by atoms with Crippen LogP contribution < -0.4 is 20.7 Å². The summed E-state index contributed by atoms with van der Waals surface area (Å²) in [5.41, 5.74) is 2.10. The maximum absolute atomic E-state index is 12.6. The Hall–Kier alpha value is -4.65. The fourth-order valence-corrected chi connectivity index (χ4v) is 3.89. The van der Waals surface area contributed by atoms with Gasteiger partial charge in [-0.05, 0) is 54.8 Å². The lowest BCUT2D eigenvalue weighted by Gasteiger charge is -2.15. The van der Waals surface area contributed by atoms with Crippen LogP contribution in [0.1, 0.15) is 12.5 Å². The molecule has 7 heteroatoms. The Morgan fingerprint density at radius 2 is 1.40 bits per heavy atom. The van der Waals surface area contributed by atoms with Gasteiger partial charge in [0.15, 0.2) is 6.10 Å². The van der Waals surface area contributed by atoms with Crippen LogP contribution in [0.4, 0.5) is 0 Å². The number of ether oxygens (including phenoxy) is 2. The van der Waals surface area contributed by atoms with Gasteiger partial charge in [0, 0.05) is 35.0 Å². The van der Waals surface area contributed by atoms with Crippen molar-refractivity contribution < 1.29 is 23.1 Å². The number of carbonyl (C=O) groups excluding carboxylic acids is 1. The first-order chi connectivity index (χ1) is 16.9. The molecule has 0 fully saturated rings. The van der Waals surface area contributed by atoms with Gasteiger partial charge in [-0.2, -0.15) is 0 Å². The Balaban J connectivity index is 1.37. The number of hydrogen-bond donors (Lipinski definition) is 0. The number of aryl methyl sites for hydroxylation is 1. The van der Waals surface area contributed by atoms with Crippen molar-refractivity contribution in [3.63, 3.8) is 0 Å². The monoisotopic (exact) mass is 468 g/mol. The first-order valence-electron chi connectivity index (χ1n) is 10.9. The summed E-state index contributed by atoms with van der Waals surface area (Å²) in [7, 11) is 0. The summed E-state index contributed by atoms with van der Waals surface area (Å²) in [5, 5.41) is 1.49. The molecular weight excluding hydrogens is 448 g/mol. The maximum Gasteiger partial charge on any atom is 0.352 e. The highest BCUT2D eigenvalue weighted by Gasteiger charge is 2.19. The predicted molar refractivity (Wildman–Crippen MR) is 131 cm³/mol. The number of fused-ring (bicyclic) bond motifs is 2. The summed E-state index contributed by atoms with van der Waals surface area (Å²) in [6.07, 6.45) is -0.961. The fourth-order valence-electron chi connectivity index (χ4n) is 3.89. The molecule has 0 N–H and O–H groups in total. The standard InChI is InChI=1S/C28H20O7/c1-16-12-26(29)34-24-14-20(8-10-21(16)24)33-28(31)17(2)32-19-9-11-22-23(18-6-4-3-5-7-18)15-27(30)35-25(22)13-19/h3-15,17H,1-2H3/t17-/m0/s1. The molecule has 3 aromatic carbocycles. The zero-order valence-electron chi connectivity index (χ0n) is 18.9. The first-order valence-corrected chi connectivity index (χ1v) is 10.9. The third-order valence-corrected chi connectivity index (χ3v) is 5.59. The Morgan fingerprint density at radius 1 is 0.771 bits per heavy atom. The summed E-state index contributed by atoms with van der Waals surface area (Å²) < 4.78 is 21.8. The van der Waals surface area contributed by atoms with E-state index >= 15 is 0 Å². The molecular formula is C28H20O7. The molecule has 0 radical (unpaired) electrons. The van der Waals surface area contributed by atoms with Gasteiger partial charge < -0.3 is 18.3 Å². The highest BCUT2D eigenvalue weighted by molar-refractivity contribution is 5.93. The normalized spacial score (nSPS) is 11.9. The van der Waals surface area contributed by atoms with E-state index in [4.69, 9.17) is 18.3 Å². The van der Waals surface area contributed by atoms with Crippen LogP contribution in [0.15, 0.2) is 97.3 Å². The minimum Gasteiger partial charge on any atom is -0.479 e. The van der Waals surface area contributed by atoms with Crippen LogP contribution in [0.3, 0.4) is 0 Å². The molecule has 0 bridgehead atoms. The van der Waals surface area contributed by atoms with Crippen molar-refractivity contribution in [3.05, 3.63) is 105 Å². The van der Waals surface area contributed by atoms with Crippen LogP contribution in [0, 0.1) is 6.92 Å². The van der Waals surface area contributed by atoms with E-state index in [-0.39, 0.29) is 5.75 Å². The molecule has 1 atom stereocenters. The minimum absolute atomic E-state index is 0.226. The lowest BCUT2D eigenvalue weighted by molar-refractivity contribution is -0.141. The Kier molecular flexibility index (Phi) is 5.66. The average Bonchev–Trinajstić information content (AvgIpc) is 2.83. The van der Waals surface area contributed by atoms with Crippen molar-refractivity contribution >= 4 is 27.9 Å². The van der Waals surface area contributed by atoms with Crippen LogP contribution in [-0.4, -0.2) is 12.1 Å². The second-order valence-corrected chi connectivity index (χ2v) is 8.09. The van der Waals surface area contributed by atoms with Gasteiger partial charge >= 0.3 is 17.2 Å². The molecule has 35 heavy (non-hydrogen) atoms. The second-order valence-electron chi connectivity index (χ2n) is 8.09. The fraction of sp³-hybridized carbons (Fsp3) is 0.107. The Bertz CT molecular complexity index is 1680. The van der Waals surface area contributed by atoms with Gasteiger partial charge in [0.05, 0.1) is 0 Å². The smallest absolute Gasteiger partial charge is 0.352 e.